The van der Waals surface area contributed by atoms with Crippen molar-refractivity contribution >= 4 is 31.9 Å². The van der Waals surface area contributed by atoms with Crippen molar-refractivity contribution in [3.63, 3.8) is 0 Å². The zero-order chi connectivity index (χ0) is 26.7. The maximum atomic E-state index is 13.6. The number of nitrogens with one attached hydrogen (secondary N) is 1. The molecule has 206 valence electrons. The van der Waals surface area contributed by atoms with Gasteiger partial charge in [-0.3, -0.25) is 9.69 Å². The second-order valence-corrected chi connectivity index (χ2v) is 12.4. The molecule has 0 aromatic heterocycles. The molecule has 3 aliphatic heterocycles. The molecule has 3 heterocycles. The summed E-state index contributed by atoms with van der Waals surface area (Å²) in [5.41, 5.74) is 2.19. The number of carbonyl (C=O) groups excluding carboxylic acids is 1. The van der Waals surface area contributed by atoms with Gasteiger partial charge in [0.25, 0.3) is 5.91 Å². The number of rotatable bonds is 10. The van der Waals surface area contributed by atoms with E-state index in [0.29, 0.717) is 62.8 Å². The summed E-state index contributed by atoms with van der Waals surface area (Å²) >= 11 is 3.71. The molecule has 1 aromatic rings. The number of amides is 1. The highest BCUT2D eigenvalue weighted by atomic mass is 79.9. The van der Waals surface area contributed by atoms with Crippen molar-refractivity contribution in [1.29, 1.82) is 0 Å². The molecule has 1 saturated heterocycles. The van der Waals surface area contributed by atoms with Crippen molar-refractivity contribution in [3.8, 4) is 5.75 Å². The van der Waals surface area contributed by atoms with Crippen LogP contribution in [0.5, 0.6) is 5.75 Å². The van der Waals surface area contributed by atoms with Crippen LogP contribution in [0.15, 0.2) is 34.4 Å². The number of aliphatic hydroxyl groups is 1. The highest BCUT2D eigenvalue weighted by Crippen LogP contribution is 2.41. The van der Waals surface area contributed by atoms with Crippen molar-refractivity contribution in [1.82, 2.24) is 24.3 Å². The molecule has 10 nitrogen and oxygen atoms in total. The van der Waals surface area contributed by atoms with Crippen molar-refractivity contribution in [3.05, 3.63) is 35.0 Å². The summed E-state index contributed by atoms with van der Waals surface area (Å²) in [6, 6.07) is 4.50. The SMILES string of the molecule is CCCN1CC2=C(C(=O)NC2c2cc(S(=O)(=O)N3CCN(CCCO)CC3)ccc2OCC)N(C)C1Br. The quantitative estimate of drug-likeness (QED) is 0.308. The minimum absolute atomic E-state index is 0.0928. The molecular formula is C25H38BrN5O5S. The predicted octanol–water partition coefficient (Wildman–Crippen LogP) is 1.53. The van der Waals surface area contributed by atoms with Gasteiger partial charge >= 0.3 is 0 Å². The van der Waals surface area contributed by atoms with Crippen molar-refractivity contribution in [2.45, 2.75) is 42.7 Å². The third-order valence-electron chi connectivity index (χ3n) is 7.19. The lowest BCUT2D eigenvalue weighted by molar-refractivity contribution is -0.118. The topological polar surface area (TPSA) is 106 Å². The summed E-state index contributed by atoms with van der Waals surface area (Å²) in [4.78, 5) is 19.6. The molecule has 0 aliphatic carbocycles. The number of hydrogen-bond donors (Lipinski definition) is 2. The Morgan fingerprint density at radius 2 is 1.89 bits per heavy atom. The maximum Gasteiger partial charge on any atom is 0.268 e. The van der Waals surface area contributed by atoms with Gasteiger partial charge in [-0.15, -0.1) is 0 Å². The summed E-state index contributed by atoms with van der Waals surface area (Å²) in [7, 11) is -1.83. The first-order valence-corrected chi connectivity index (χ1v) is 15.3. The molecule has 1 aromatic carbocycles. The second kappa shape index (κ2) is 12.0. The fourth-order valence-corrected chi connectivity index (χ4v) is 7.35. The lowest BCUT2D eigenvalue weighted by Crippen LogP contribution is -2.48. The third-order valence-corrected chi connectivity index (χ3v) is 10.3. The molecule has 3 aliphatic rings. The molecule has 0 spiro atoms. The summed E-state index contributed by atoms with van der Waals surface area (Å²) in [5.74, 6) is 0.401. The largest absolute Gasteiger partial charge is 0.494 e. The van der Waals surface area contributed by atoms with Gasteiger partial charge in [0.15, 0.2) is 0 Å². The number of benzene rings is 1. The highest BCUT2D eigenvalue weighted by Gasteiger charge is 2.43. The highest BCUT2D eigenvalue weighted by molar-refractivity contribution is 9.09. The predicted molar refractivity (Wildman–Crippen MR) is 145 cm³/mol. The first kappa shape index (κ1) is 28.3. The van der Waals surface area contributed by atoms with Crippen LogP contribution >= 0.6 is 15.9 Å². The van der Waals surface area contributed by atoms with Gasteiger partial charge < -0.3 is 25.0 Å². The fraction of sp³-hybridized carbons (Fsp3) is 0.640. The third kappa shape index (κ3) is 5.69. The minimum Gasteiger partial charge on any atom is -0.494 e. The molecule has 2 atom stereocenters. The normalized spacial score (nSPS) is 23.9. The van der Waals surface area contributed by atoms with Crippen LogP contribution in [0.3, 0.4) is 0 Å². The van der Waals surface area contributed by atoms with Crippen molar-refractivity contribution < 1.29 is 23.1 Å². The molecule has 0 radical (unpaired) electrons. The lowest BCUT2D eigenvalue weighted by Gasteiger charge is -2.40. The van der Waals surface area contributed by atoms with Crippen LogP contribution in [-0.2, 0) is 14.8 Å². The van der Waals surface area contributed by atoms with E-state index in [1.807, 2.05) is 18.9 Å². The molecule has 1 fully saturated rings. The molecule has 12 heteroatoms. The molecule has 1 amide bonds. The molecule has 4 rings (SSSR count). The number of sulfonamides is 1. The van der Waals surface area contributed by atoms with E-state index >= 15 is 0 Å². The van der Waals surface area contributed by atoms with Gasteiger partial charge in [-0.2, -0.15) is 4.31 Å². The van der Waals surface area contributed by atoms with Crippen LogP contribution in [0.4, 0.5) is 0 Å². The second-order valence-electron chi connectivity index (χ2n) is 9.63. The van der Waals surface area contributed by atoms with Gasteiger partial charge in [0.1, 0.15) is 16.5 Å². The average Bonchev–Trinajstić information content (AvgIpc) is 3.22. The number of likely N-dealkylation sites (N-methyl/N-ethyl adjacent to an activating group) is 1. The van der Waals surface area contributed by atoms with Crippen LogP contribution in [0, 0.1) is 0 Å². The Hall–Kier alpha value is -1.70. The Bertz CT molecular complexity index is 1120. The lowest BCUT2D eigenvalue weighted by atomic mass is 9.97. The molecule has 0 saturated carbocycles. The fourth-order valence-electron chi connectivity index (χ4n) is 5.34. The Balaban J connectivity index is 1.66. The monoisotopic (exact) mass is 599 g/mol. The molecular weight excluding hydrogens is 562 g/mol. The number of carbonyl (C=O) groups is 1. The maximum absolute atomic E-state index is 13.6. The smallest absolute Gasteiger partial charge is 0.268 e. The number of hydrogen-bond acceptors (Lipinski definition) is 8. The summed E-state index contributed by atoms with van der Waals surface area (Å²) in [6.45, 7) is 8.82. The Kier molecular flexibility index (Phi) is 9.18. The number of nitrogens with zero attached hydrogens (tertiary/aromatic N) is 4. The summed E-state index contributed by atoms with van der Waals surface area (Å²) < 4.78 is 34.7. The minimum atomic E-state index is -3.73. The van der Waals surface area contributed by atoms with E-state index in [2.05, 4.69) is 38.0 Å². The average molecular weight is 601 g/mol. The van der Waals surface area contributed by atoms with Gasteiger partial charge in [-0.1, -0.05) is 6.92 Å². The number of piperazine rings is 1. The number of aliphatic hydroxyl groups excluding tert-OH is 1. The summed E-state index contributed by atoms with van der Waals surface area (Å²) in [6.07, 6.45) is 1.65. The van der Waals surface area contributed by atoms with Crippen LogP contribution in [0.2, 0.25) is 0 Å². The van der Waals surface area contributed by atoms with Crippen LogP contribution in [0.1, 0.15) is 38.3 Å². The van der Waals surface area contributed by atoms with E-state index in [1.54, 1.807) is 18.2 Å². The van der Waals surface area contributed by atoms with Gasteiger partial charge in [-0.25, -0.2) is 8.42 Å². The molecule has 2 unspecified atom stereocenters. The molecule has 0 bridgehead atoms. The zero-order valence-electron chi connectivity index (χ0n) is 21.8. The van der Waals surface area contributed by atoms with E-state index in [1.165, 1.54) is 4.31 Å². The van der Waals surface area contributed by atoms with Gasteiger partial charge in [0, 0.05) is 65.0 Å². The summed E-state index contributed by atoms with van der Waals surface area (Å²) in [5, 5.41) is 12.1. The van der Waals surface area contributed by atoms with Gasteiger partial charge in [0.05, 0.1) is 17.5 Å². The Labute approximate surface area is 228 Å². The van der Waals surface area contributed by atoms with Crippen molar-refractivity contribution in [2.24, 2.45) is 0 Å². The Morgan fingerprint density at radius 3 is 2.54 bits per heavy atom. The first-order valence-electron chi connectivity index (χ1n) is 13.0. The van der Waals surface area contributed by atoms with Crippen molar-refractivity contribution in [2.75, 3.05) is 66.1 Å². The van der Waals surface area contributed by atoms with E-state index in [4.69, 9.17) is 9.84 Å². The van der Waals surface area contributed by atoms with Gasteiger partial charge in [-0.05, 0) is 59.5 Å². The molecule has 37 heavy (non-hydrogen) atoms. The zero-order valence-corrected chi connectivity index (χ0v) is 24.2. The number of alkyl halides is 1. The van der Waals surface area contributed by atoms with Crippen LogP contribution in [0.25, 0.3) is 0 Å². The number of halogens is 1. The standard InChI is InChI=1S/C25H38BrN5O5S/c1-4-9-30-17-20-22(27-24(33)23(20)28(3)25(30)26)19-16-18(7-8-21(19)36-5-2)37(34,35)31-13-11-29(12-14-31)10-6-15-32/h7-8,16,22,25,32H,4-6,9-15,17H2,1-3H3,(H,27,33). The van der Waals surface area contributed by atoms with Gasteiger partial charge in [0.2, 0.25) is 10.0 Å². The molecule has 2 N–H and O–H groups in total. The first-order chi connectivity index (χ1) is 17.7. The number of ether oxygens (including phenoxy) is 1. The Morgan fingerprint density at radius 1 is 1.16 bits per heavy atom. The van der Waals surface area contributed by atoms with Crippen LogP contribution in [-0.4, -0.2) is 110 Å². The van der Waals surface area contributed by atoms with E-state index in [9.17, 15) is 13.2 Å². The van der Waals surface area contributed by atoms with E-state index in [0.717, 1.165) is 25.1 Å². The van der Waals surface area contributed by atoms with E-state index < -0.39 is 16.1 Å². The van der Waals surface area contributed by atoms with E-state index in [-0.39, 0.29) is 22.5 Å². The van der Waals surface area contributed by atoms with Crippen LogP contribution < -0.4 is 10.1 Å².